The molecule has 4 heterocycles. The number of halogens is 3. The number of rotatable bonds is 6. The lowest BCUT2D eigenvalue weighted by atomic mass is 9.80. The summed E-state index contributed by atoms with van der Waals surface area (Å²) in [5.41, 5.74) is 3.68. The van der Waals surface area contributed by atoms with Gasteiger partial charge in [0.25, 0.3) is 0 Å². The second kappa shape index (κ2) is 12.1. The predicted octanol–water partition coefficient (Wildman–Crippen LogP) is 6.79. The second-order valence-corrected chi connectivity index (χ2v) is 12.0. The fourth-order valence-corrected chi connectivity index (χ4v) is 7.09. The normalized spacial score (nSPS) is 19.8. The van der Waals surface area contributed by atoms with Crippen molar-refractivity contribution in [1.82, 2.24) is 14.6 Å². The van der Waals surface area contributed by atoms with Crippen molar-refractivity contribution in [3.63, 3.8) is 0 Å². The SMILES string of the molecule is COC(=O)c1sc(-c2ccc(-c3cc4ncccn4n3)cc2)cc1N(C(=O)[C@H]1CC[C@H](C(F)(F)F)CC1)C1CCOCC1. The molecule has 1 saturated heterocycles. The van der Waals surface area contributed by atoms with Crippen molar-refractivity contribution in [3.05, 3.63) is 59.7 Å². The highest BCUT2D eigenvalue weighted by Gasteiger charge is 2.44. The molecule has 6 rings (SSSR count). The number of hydrogen-bond acceptors (Lipinski definition) is 7. The van der Waals surface area contributed by atoms with Crippen molar-refractivity contribution in [1.29, 1.82) is 0 Å². The van der Waals surface area contributed by atoms with Gasteiger partial charge in [-0.2, -0.15) is 18.3 Å². The number of fused-ring (bicyclic) bond motifs is 1. The minimum atomic E-state index is -4.26. The number of carbonyl (C=O) groups is 2. The van der Waals surface area contributed by atoms with Crippen molar-refractivity contribution in [3.8, 4) is 21.7 Å². The summed E-state index contributed by atoms with van der Waals surface area (Å²) >= 11 is 1.23. The summed E-state index contributed by atoms with van der Waals surface area (Å²) in [6, 6.07) is 13.0. The van der Waals surface area contributed by atoms with Gasteiger partial charge in [0.1, 0.15) is 4.88 Å². The summed E-state index contributed by atoms with van der Waals surface area (Å²) in [5, 5.41) is 4.57. The van der Waals surface area contributed by atoms with Crippen molar-refractivity contribution < 1.29 is 32.2 Å². The molecule has 0 unspecified atom stereocenters. The zero-order valence-electron chi connectivity index (χ0n) is 23.5. The average Bonchev–Trinajstić information content (AvgIpc) is 3.66. The molecule has 226 valence electrons. The van der Waals surface area contributed by atoms with Crippen LogP contribution in [0.1, 0.15) is 48.2 Å². The van der Waals surface area contributed by atoms with Gasteiger partial charge in [0.15, 0.2) is 5.65 Å². The van der Waals surface area contributed by atoms with Crippen LogP contribution in [0.5, 0.6) is 0 Å². The third kappa shape index (κ3) is 6.03. The van der Waals surface area contributed by atoms with Crippen LogP contribution in [-0.4, -0.2) is 59.0 Å². The van der Waals surface area contributed by atoms with Crippen molar-refractivity contribution in [2.75, 3.05) is 25.2 Å². The van der Waals surface area contributed by atoms with E-state index in [1.807, 2.05) is 48.7 Å². The molecule has 12 heteroatoms. The molecule has 0 N–H and O–H groups in total. The molecule has 2 aliphatic rings. The van der Waals surface area contributed by atoms with Gasteiger partial charge in [0.05, 0.1) is 24.4 Å². The van der Waals surface area contributed by atoms with Gasteiger partial charge in [0.2, 0.25) is 5.91 Å². The lowest BCUT2D eigenvalue weighted by molar-refractivity contribution is -0.184. The summed E-state index contributed by atoms with van der Waals surface area (Å²) in [4.78, 5) is 34.1. The number of alkyl halides is 3. The summed E-state index contributed by atoms with van der Waals surface area (Å²) in [6.07, 6.45) is 0.585. The highest BCUT2D eigenvalue weighted by Crippen LogP contribution is 2.43. The van der Waals surface area contributed by atoms with Gasteiger partial charge in [-0.05, 0) is 56.2 Å². The van der Waals surface area contributed by atoms with Crippen molar-refractivity contribution in [2.45, 2.75) is 50.7 Å². The van der Waals surface area contributed by atoms with Gasteiger partial charge in [-0.25, -0.2) is 14.3 Å². The first kappa shape index (κ1) is 29.3. The molecule has 0 atom stereocenters. The van der Waals surface area contributed by atoms with Crippen molar-refractivity contribution >= 4 is 34.5 Å². The quantitative estimate of drug-likeness (QED) is 0.223. The lowest BCUT2D eigenvalue weighted by Crippen LogP contribution is -2.47. The molecule has 4 aromatic rings. The van der Waals surface area contributed by atoms with Crippen molar-refractivity contribution in [2.24, 2.45) is 11.8 Å². The molecule has 1 aromatic carbocycles. The number of thiophene rings is 1. The maximum absolute atomic E-state index is 14.1. The number of aromatic nitrogens is 3. The number of ether oxygens (including phenoxy) is 2. The first-order chi connectivity index (χ1) is 20.7. The summed E-state index contributed by atoms with van der Waals surface area (Å²) < 4.78 is 52.4. The maximum Gasteiger partial charge on any atom is 0.391 e. The predicted molar refractivity (Wildman–Crippen MR) is 156 cm³/mol. The van der Waals surface area contributed by atoms with E-state index in [0.29, 0.717) is 31.7 Å². The minimum absolute atomic E-state index is 0.0744. The highest BCUT2D eigenvalue weighted by atomic mass is 32.1. The van der Waals surface area contributed by atoms with E-state index in [0.717, 1.165) is 27.3 Å². The summed E-state index contributed by atoms with van der Waals surface area (Å²) in [5.74, 6) is -2.73. The molecule has 2 fully saturated rings. The Balaban J connectivity index is 1.32. The standard InChI is InChI=1S/C31H31F3N4O4S/c1-41-30(40)28-25(38(23-11-15-42-16-12-23)29(39)21-7-9-22(10-8-21)31(32,33)34)18-26(43-28)20-5-3-19(4-6-20)24-17-27-35-13-2-14-37(27)36-24/h2-6,13-14,17-18,21-23H,7-12,15-16H2,1H3/t21-,22-. The first-order valence-electron chi connectivity index (χ1n) is 14.3. The van der Waals surface area contributed by atoms with E-state index in [1.165, 1.54) is 18.4 Å². The van der Waals surface area contributed by atoms with Gasteiger partial charge >= 0.3 is 12.1 Å². The number of esters is 1. The van der Waals surface area contributed by atoms with Crippen LogP contribution in [0.3, 0.4) is 0 Å². The van der Waals surface area contributed by atoms with Crippen LogP contribution in [0.15, 0.2) is 54.9 Å². The molecule has 1 saturated carbocycles. The summed E-state index contributed by atoms with van der Waals surface area (Å²) in [6.45, 7) is 0.916. The monoisotopic (exact) mass is 612 g/mol. The molecule has 1 amide bonds. The Morgan fingerprint density at radius 3 is 2.37 bits per heavy atom. The van der Waals surface area contributed by atoms with Crippen LogP contribution in [0.2, 0.25) is 0 Å². The Morgan fingerprint density at radius 2 is 1.72 bits per heavy atom. The Hall–Kier alpha value is -3.77. The Labute approximate surface area is 250 Å². The summed E-state index contributed by atoms with van der Waals surface area (Å²) in [7, 11) is 1.29. The maximum atomic E-state index is 14.1. The van der Waals surface area contributed by atoms with E-state index in [-0.39, 0.29) is 42.5 Å². The number of methoxy groups -OCH3 is 1. The molecule has 8 nitrogen and oxygen atoms in total. The molecular weight excluding hydrogens is 581 g/mol. The molecule has 0 radical (unpaired) electrons. The topological polar surface area (TPSA) is 86.0 Å². The van der Waals surface area contributed by atoms with Crippen LogP contribution in [0.4, 0.5) is 18.9 Å². The lowest BCUT2D eigenvalue weighted by Gasteiger charge is -2.38. The molecule has 1 aliphatic heterocycles. The molecule has 0 bridgehead atoms. The van der Waals surface area contributed by atoms with Crippen LogP contribution >= 0.6 is 11.3 Å². The Kier molecular flexibility index (Phi) is 8.23. The van der Waals surface area contributed by atoms with Gasteiger partial charge in [-0.1, -0.05) is 24.3 Å². The van der Waals surface area contributed by atoms with E-state index < -0.39 is 24.0 Å². The smallest absolute Gasteiger partial charge is 0.391 e. The van der Waals surface area contributed by atoms with E-state index in [4.69, 9.17) is 9.47 Å². The molecule has 43 heavy (non-hydrogen) atoms. The van der Waals surface area contributed by atoms with Crippen LogP contribution in [0, 0.1) is 11.8 Å². The number of benzene rings is 1. The number of amides is 1. The number of anilines is 1. The fourth-order valence-electron chi connectivity index (χ4n) is 6.02. The van der Waals surface area contributed by atoms with Gasteiger partial charge in [-0.15, -0.1) is 11.3 Å². The number of carbonyl (C=O) groups excluding carboxylic acids is 2. The van der Waals surface area contributed by atoms with Crippen LogP contribution in [-0.2, 0) is 14.3 Å². The third-order valence-electron chi connectivity index (χ3n) is 8.38. The van der Waals surface area contributed by atoms with E-state index in [9.17, 15) is 22.8 Å². The van der Waals surface area contributed by atoms with E-state index in [2.05, 4.69) is 10.1 Å². The second-order valence-electron chi connectivity index (χ2n) is 11.0. The van der Waals surface area contributed by atoms with Gasteiger partial charge < -0.3 is 14.4 Å². The third-order valence-corrected chi connectivity index (χ3v) is 9.53. The largest absolute Gasteiger partial charge is 0.465 e. The van der Waals surface area contributed by atoms with Crippen LogP contribution < -0.4 is 4.90 Å². The highest BCUT2D eigenvalue weighted by molar-refractivity contribution is 7.18. The van der Waals surface area contributed by atoms with Crippen LogP contribution in [0.25, 0.3) is 27.3 Å². The number of hydrogen-bond donors (Lipinski definition) is 0. The molecule has 1 aliphatic carbocycles. The molecule has 3 aromatic heterocycles. The van der Waals surface area contributed by atoms with E-state index in [1.54, 1.807) is 15.6 Å². The molecular formula is C31H31F3N4O4S. The Morgan fingerprint density at radius 1 is 1.02 bits per heavy atom. The first-order valence-corrected chi connectivity index (χ1v) is 15.2. The average molecular weight is 613 g/mol. The van der Waals surface area contributed by atoms with Gasteiger partial charge in [-0.3, -0.25) is 4.79 Å². The van der Waals surface area contributed by atoms with Gasteiger partial charge in [0, 0.05) is 54.1 Å². The minimum Gasteiger partial charge on any atom is -0.465 e. The zero-order valence-corrected chi connectivity index (χ0v) is 24.4. The Bertz CT molecular complexity index is 1570. The molecule has 0 spiro atoms. The fraction of sp³-hybridized carbons (Fsp3) is 0.419. The zero-order chi connectivity index (χ0) is 30.1. The number of nitrogens with zero attached hydrogens (tertiary/aromatic N) is 4. The van der Waals surface area contributed by atoms with E-state index >= 15 is 0 Å².